The predicted molar refractivity (Wildman–Crippen MR) is 70.2 cm³/mol. The fourth-order valence-corrected chi connectivity index (χ4v) is 5.88. The van der Waals surface area contributed by atoms with Gasteiger partial charge in [0.05, 0.1) is 0 Å². The van der Waals surface area contributed by atoms with E-state index in [2.05, 4.69) is 10.3 Å². The molecule has 0 amide bonds. The lowest BCUT2D eigenvalue weighted by atomic mass is 9.97. The maximum absolute atomic E-state index is 12.7. The second kappa shape index (κ2) is 4.19. The van der Waals surface area contributed by atoms with Crippen molar-refractivity contribution < 1.29 is 13.2 Å². The van der Waals surface area contributed by atoms with E-state index in [1.165, 1.54) is 25.5 Å². The SMILES string of the molecule is CNC(c1cnc(C(F)(F)F)s1)C1C2C3CCC(C3)C21. The van der Waals surface area contributed by atoms with E-state index in [1.807, 2.05) is 7.05 Å². The van der Waals surface area contributed by atoms with Crippen molar-refractivity contribution in [3.63, 3.8) is 0 Å². The van der Waals surface area contributed by atoms with Gasteiger partial charge in [0.1, 0.15) is 0 Å². The Kier molecular flexibility index (Phi) is 2.74. The molecule has 0 radical (unpaired) electrons. The summed E-state index contributed by atoms with van der Waals surface area (Å²) in [6.45, 7) is 0. The van der Waals surface area contributed by atoms with Crippen molar-refractivity contribution in [2.24, 2.45) is 29.6 Å². The van der Waals surface area contributed by atoms with Crippen molar-refractivity contribution in [2.45, 2.75) is 31.5 Å². The molecule has 3 aliphatic carbocycles. The molecule has 3 aliphatic rings. The Hall–Kier alpha value is -0.620. The van der Waals surface area contributed by atoms with Crippen LogP contribution in [0.1, 0.15) is 35.2 Å². The van der Waals surface area contributed by atoms with Crippen LogP contribution in [0.5, 0.6) is 0 Å². The molecular weight excluding hydrogens is 285 g/mol. The molecule has 1 heterocycles. The van der Waals surface area contributed by atoms with Crippen LogP contribution in [0.15, 0.2) is 6.20 Å². The van der Waals surface area contributed by atoms with Gasteiger partial charge in [0, 0.05) is 17.1 Å². The maximum atomic E-state index is 12.7. The summed E-state index contributed by atoms with van der Waals surface area (Å²) in [6, 6.07) is 0.0574. The number of fused-ring (bicyclic) bond motifs is 5. The standard InChI is InChI=1S/C14H17F3N2S/c1-18-12(8-5-19-13(20-8)14(15,16)17)11-9-6-2-3-7(4-6)10(9)11/h5-7,9-12,18H,2-4H2,1H3. The second-order valence-corrected chi connectivity index (χ2v) is 7.46. The van der Waals surface area contributed by atoms with Crippen LogP contribution in [0.2, 0.25) is 0 Å². The zero-order valence-electron chi connectivity index (χ0n) is 11.2. The van der Waals surface area contributed by atoms with Crippen LogP contribution in [0.4, 0.5) is 13.2 Å². The number of aromatic nitrogens is 1. The molecule has 110 valence electrons. The van der Waals surface area contributed by atoms with E-state index in [4.69, 9.17) is 0 Å². The van der Waals surface area contributed by atoms with Crippen molar-refractivity contribution in [3.8, 4) is 0 Å². The average molecular weight is 302 g/mol. The van der Waals surface area contributed by atoms with E-state index in [9.17, 15) is 13.2 Å². The van der Waals surface area contributed by atoms with Crippen LogP contribution in [0, 0.1) is 29.6 Å². The summed E-state index contributed by atoms with van der Waals surface area (Å²) in [6.07, 6.45) is 1.12. The first kappa shape index (κ1) is 13.1. The molecule has 0 aliphatic heterocycles. The molecule has 5 unspecified atom stereocenters. The minimum atomic E-state index is -4.32. The highest BCUT2D eigenvalue weighted by Crippen LogP contribution is 2.72. The first-order chi connectivity index (χ1) is 9.50. The molecule has 20 heavy (non-hydrogen) atoms. The molecule has 4 rings (SSSR count). The Morgan fingerprint density at radius 1 is 1.30 bits per heavy atom. The molecule has 1 aromatic rings. The smallest absolute Gasteiger partial charge is 0.312 e. The van der Waals surface area contributed by atoms with Gasteiger partial charge in [0.25, 0.3) is 0 Å². The summed E-state index contributed by atoms with van der Waals surface area (Å²) < 4.78 is 38.0. The third-order valence-electron chi connectivity index (χ3n) is 5.56. The van der Waals surface area contributed by atoms with Crippen molar-refractivity contribution in [3.05, 3.63) is 16.1 Å². The van der Waals surface area contributed by atoms with Crippen LogP contribution in [0.3, 0.4) is 0 Å². The van der Waals surface area contributed by atoms with Crippen LogP contribution in [0.25, 0.3) is 0 Å². The normalized spacial score (nSPS) is 39.9. The lowest BCUT2D eigenvalue weighted by molar-refractivity contribution is -0.137. The van der Waals surface area contributed by atoms with Gasteiger partial charge in [-0.2, -0.15) is 13.2 Å². The number of nitrogens with zero attached hydrogens (tertiary/aromatic N) is 1. The van der Waals surface area contributed by atoms with Gasteiger partial charge in [-0.1, -0.05) is 0 Å². The monoisotopic (exact) mass is 302 g/mol. The number of thiazole rings is 1. The van der Waals surface area contributed by atoms with E-state index >= 15 is 0 Å². The summed E-state index contributed by atoms with van der Waals surface area (Å²) >= 11 is 0.804. The largest absolute Gasteiger partial charge is 0.443 e. The Bertz CT molecular complexity index is 511. The third kappa shape index (κ3) is 1.77. The molecule has 2 bridgehead atoms. The van der Waals surface area contributed by atoms with Gasteiger partial charge in [0.2, 0.25) is 0 Å². The van der Waals surface area contributed by atoms with Crippen LogP contribution < -0.4 is 5.32 Å². The third-order valence-corrected chi connectivity index (χ3v) is 6.69. The molecule has 3 saturated carbocycles. The minimum Gasteiger partial charge on any atom is -0.312 e. The highest BCUT2D eigenvalue weighted by Gasteiger charge is 2.66. The number of nitrogens with one attached hydrogen (secondary N) is 1. The van der Waals surface area contributed by atoms with Gasteiger partial charge in [-0.15, -0.1) is 11.3 Å². The number of alkyl halides is 3. The van der Waals surface area contributed by atoms with E-state index in [0.29, 0.717) is 5.92 Å². The van der Waals surface area contributed by atoms with Crippen molar-refractivity contribution in [2.75, 3.05) is 7.05 Å². The Labute approximate surface area is 119 Å². The Morgan fingerprint density at radius 2 is 1.95 bits per heavy atom. The molecule has 0 spiro atoms. The molecule has 3 fully saturated rings. The van der Waals surface area contributed by atoms with E-state index in [1.54, 1.807) is 0 Å². The molecule has 1 aromatic heterocycles. The number of rotatable bonds is 3. The summed E-state index contributed by atoms with van der Waals surface area (Å²) in [7, 11) is 1.85. The van der Waals surface area contributed by atoms with Gasteiger partial charge >= 0.3 is 6.18 Å². The van der Waals surface area contributed by atoms with E-state index in [-0.39, 0.29) is 6.04 Å². The molecule has 5 atom stereocenters. The Morgan fingerprint density at radius 3 is 2.45 bits per heavy atom. The number of hydrogen-bond donors (Lipinski definition) is 1. The van der Waals surface area contributed by atoms with E-state index in [0.717, 1.165) is 39.9 Å². The molecule has 0 saturated heterocycles. The fourth-order valence-electron chi connectivity index (χ4n) is 4.92. The van der Waals surface area contributed by atoms with Crippen LogP contribution in [-0.2, 0) is 6.18 Å². The molecule has 1 N–H and O–H groups in total. The quantitative estimate of drug-likeness (QED) is 0.920. The zero-order valence-corrected chi connectivity index (χ0v) is 12.0. The first-order valence-electron chi connectivity index (χ1n) is 7.21. The van der Waals surface area contributed by atoms with Crippen molar-refractivity contribution >= 4 is 11.3 Å². The van der Waals surface area contributed by atoms with Crippen molar-refractivity contribution in [1.82, 2.24) is 10.3 Å². The number of hydrogen-bond acceptors (Lipinski definition) is 3. The van der Waals surface area contributed by atoms with Gasteiger partial charge in [-0.05, 0) is 55.9 Å². The van der Waals surface area contributed by atoms with Gasteiger partial charge in [0.15, 0.2) is 5.01 Å². The van der Waals surface area contributed by atoms with Crippen molar-refractivity contribution in [1.29, 1.82) is 0 Å². The first-order valence-corrected chi connectivity index (χ1v) is 8.02. The fraction of sp³-hybridized carbons (Fsp3) is 0.786. The summed E-state index contributed by atoms with van der Waals surface area (Å²) in [5, 5.41) is 2.52. The second-order valence-electron chi connectivity index (χ2n) is 6.40. The highest BCUT2D eigenvalue weighted by atomic mass is 32.1. The van der Waals surface area contributed by atoms with Gasteiger partial charge < -0.3 is 5.32 Å². The van der Waals surface area contributed by atoms with Crippen LogP contribution >= 0.6 is 11.3 Å². The zero-order chi connectivity index (χ0) is 14.1. The van der Waals surface area contributed by atoms with Crippen LogP contribution in [-0.4, -0.2) is 12.0 Å². The molecule has 6 heteroatoms. The minimum absolute atomic E-state index is 0.0574. The summed E-state index contributed by atoms with van der Waals surface area (Å²) in [5.41, 5.74) is 0. The molecular formula is C14H17F3N2S. The predicted octanol–water partition coefficient (Wildman–Crippen LogP) is 3.71. The summed E-state index contributed by atoms with van der Waals surface area (Å²) in [5.74, 6) is 3.71. The summed E-state index contributed by atoms with van der Waals surface area (Å²) in [4.78, 5) is 4.32. The highest BCUT2D eigenvalue weighted by molar-refractivity contribution is 7.11. The molecule has 2 nitrogen and oxygen atoms in total. The van der Waals surface area contributed by atoms with Gasteiger partial charge in [-0.25, -0.2) is 4.98 Å². The lowest BCUT2D eigenvalue weighted by Gasteiger charge is -2.18. The average Bonchev–Trinajstić information content (AvgIpc) is 2.80. The Balaban J connectivity index is 1.56. The number of halogens is 3. The topological polar surface area (TPSA) is 24.9 Å². The lowest BCUT2D eigenvalue weighted by Crippen LogP contribution is -2.21. The van der Waals surface area contributed by atoms with Gasteiger partial charge in [-0.3, -0.25) is 0 Å². The van der Waals surface area contributed by atoms with E-state index < -0.39 is 11.2 Å². The molecule has 0 aromatic carbocycles. The maximum Gasteiger partial charge on any atom is 0.443 e.